The molecule has 5 aromatic rings. The van der Waals surface area contributed by atoms with E-state index in [1.807, 2.05) is 74.5 Å². The van der Waals surface area contributed by atoms with E-state index < -0.39 is 28.9 Å². The number of hydrogen-bond donors (Lipinski definition) is 3. The molecule has 0 unspecified atom stereocenters. The van der Waals surface area contributed by atoms with Gasteiger partial charge in [-0.3, -0.25) is 28.9 Å². The largest absolute Gasteiger partial charge is 0.391 e. The number of piperazine rings is 1. The summed E-state index contributed by atoms with van der Waals surface area (Å²) in [6, 6.07) is 17.4. The molecule has 5 heterocycles. The lowest BCUT2D eigenvalue weighted by Gasteiger charge is -2.44. The summed E-state index contributed by atoms with van der Waals surface area (Å²) in [6.07, 6.45) is 2.96. The third-order valence-corrected chi connectivity index (χ3v) is 17.2. The van der Waals surface area contributed by atoms with Crippen LogP contribution in [0.5, 0.6) is 0 Å². The highest BCUT2D eigenvalue weighted by Crippen LogP contribution is 2.46. The van der Waals surface area contributed by atoms with Gasteiger partial charge < -0.3 is 30.1 Å². The van der Waals surface area contributed by atoms with E-state index in [1.165, 1.54) is 16.2 Å². The van der Waals surface area contributed by atoms with Gasteiger partial charge >= 0.3 is 0 Å². The number of carbonyl (C=O) groups excluding carboxylic acids is 5. The Morgan fingerprint density at radius 2 is 1.71 bits per heavy atom. The van der Waals surface area contributed by atoms with Crippen LogP contribution < -0.4 is 10.2 Å². The average Bonchev–Trinajstić information content (AvgIpc) is 4.12. The van der Waals surface area contributed by atoms with Crippen LogP contribution in [0.2, 0.25) is 0 Å². The Hall–Kier alpha value is -6.21. The molecule has 0 bridgehead atoms. The minimum atomic E-state index is -0.845. The number of fused-ring (bicyclic) bond motifs is 4. The molecule has 3 aliphatic heterocycles. The number of anilines is 1. The molecule has 0 radical (unpaired) electrons. The van der Waals surface area contributed by atoms with Gasteiger partial charge in [0, 0.05) is 123 Å². The molecule has 9 rings (SSSR count). The molecule has 2 aromatic heterocycles. The number of likely N-dealkylation sites (tertiary alicyclic amines) is 1. The van der Waals surface area contributed by atoms with Crippen LogP contribution in [0.1, 0.15) is 130 Å². The highest BCUT2D eigenvalue weighted by molar-refractivity contribution is 7.13. The Balaban J connectivity index is 0.732. The van der Waals surface area contributed by atoms with Gasteiger partial charge in [-0.15, -0.1) is 11.3 Å². The van der Waals surface area contributed by atoms with Crippen molar-refractivity contribution in [2.45, 2.75) is 130 Å². The van der Waals surface area contributed by atoms with Crippen molar-refractivity contribution in [3.8, 4) is 10.4 Å². The van der Waals surface area contributed by atoms with Crippen molar-refractivity contribution >= 4 is 62.9 Å². The SMILES string of the molecule is [C-]#[N+]c1ccc2c3c([nH]c2c1)C(C)(C)c1cc(N2CCC(N4CCN(C(=O)CCCC(=O)C[C@H](C(=O)N5C[C@H](O)C[C@H]5C(=O)NCc5ccc(-c6scnc6C)cc5)C(C)(C)C)CC4)CC2)c(CC)cc1C3=O. The predicted octanol–water partition coefficient (Wildman–Crippen LogP) is 8.77. The van der Waals surface area contributed by atoms with Crippen LogP contribution in [-0.2, 0) is 37.6 Å². The van der Waals surface area contributed by atoms with Crippen LogP contribution in [0.3, 0.4) is 0 Å². The summed E-state index contributed by atoms with van der Waals surface area (Å²) in [4.78, 5) is 90.0. The van der Waals surface area contributed by atoms with Gasteiger partial charge in [-0.1, -0.05) is 77.9 Å². The molecule has 384 valence electrons. The fourth-order valence-corrected chi connectivity index (χ4v) is 12.6. The molecule has 0 saturated carbocycles. The highest BCUT2D eigenvalue weighted by Gasteiger charge is 2.45. The Bertz CT molecular complexity index is 2960. The minimum Gasteiger partial charge on any atom is -0.391 e. The number of piperidine rings is 1. The van der Waals surface area contributed by atoms with E-state index in [9.17, 15) is 29.1 Å². The van der Waals surface area contributed by atoms with Crippen LogP contribution in [-0.4, -0.2) is 123 Å². The van der Waals surface area contributed by atoms with Gasteiger partial charge in [-0.25, -0.2) is 9.83 Å². The fourth-order valence-electron chi connectivity index (χ4n) is 11.8. The second kappa shape index (κ2) is 21.0. The summed E-state index contributed by atoms with van der Waals surface area (Å²) in [6.45, 7) is 26.7. The van der Waals surface area contributed by atoms with Crippen molar-refractivity contribution in [1.29, 1.82) is 0 Å². The zero-order valence-electron chi connectivity index (χ0n) is 43.5. The maximum absolute atomic E-state index is 14.2. The van der Waals surface area contributed by atoms with Crippen molar-refractivity contribution in [2.24, 2.45) is 11.3 Å². The maximum atomic E-state index is 14.2. The molecule has 1 aliphatic carbocycles. The molecule has 73 heavy (non-hydrogen) atoms. The number of thiazole rings is 1. The normalized spacial score (nSPS) is 19.7. The molecule has 3 N–H and O–H groups in total. The van der Waals surface area contributed by atoms with Crippen molar-refractivity contribution in [2.75, 3.05) is 50.7 Å². The first kappa shape index (κ1) is 51.7. The van der Waals surface area contributed by atoms with Crippen molar-refractivity contribution in [3.05, 3.63) is 111 Å². The van der Waals surface area contributed by atoms with Gasteiger partial charge in [-0.2, -0.15) is 0 Å². The number of aryl methyl sites for hydroxylation is 2. The summed E-state index contributed by atoms with van der Waals surface area (Å²) in [5.74, 6) is -1.35. The van der Waals surface area contributed by atoms with E-state index in [2.05, 4.69) is 62.8 Å². The molecule has 4 aliphatic rings. The van der Waals surface area contributed by atoms with E-state index >= 15 is 0 Å². The van der Waals surface area contributed by atoms with E-state index in [0.29, 0.717) is 36.8 Å². The fraction of sp³-hybridized carbons (Fsp3) is 0.500. The number of nitrogens with zero attached hydrogens (tertiary/aromatic N) is 6. The van der Waals surface area contributed by atoms with E-state index in [1.54, 1.807) is 17.4 Å². The van der Waals surface area contributed by atoms with Crippen LogP contribution in [0.25, 0.3) is 26.2 Å². The van der Waals surface area contributed by atoms with Crippen molar-refractivity contribution in [1.82, 2.24) is 30.0 Å². The zero-order valence-corrected chi connectivity index (χ0v) is 44.3. The predicted molar refractivity (Wildman–Crippen MR) is 286 cm³/mol. The summed E-state index contributed by atoms with van der Waals surface area (Å²) >= 11 is 1.58. The number of ketones is 2. The van der Waals surface area contributed by atoms with E-state index in [0.717, 1.165) is 94.9 Å². The summed E-state index contributed by atoms with van der Waals surface area (Å²) in [5.41, 5.74) is 10.9. The number of H-pyrrole nitrogens is 1. The lowest BCUT2D eigenvalue weighted by molar-refractivity contribution is -0.146. The number of benzene rings is 3. The number of nitrogens with one attached hydrogen (secondary N) is 2. The number of hydrogen-bond acceptors (Lipinski definition) is 10. The summed E-state index contributed by atoms with van der Waals surface area (Å²) in [5, 5.41) is 14.5. The van der Waals surface area contributed by atoms with Gasteiger partial charge in [0.2, 0.25) is 17.7 Å². The second-order valence-corrected chi connectivity index (χ2v) is 23.1. The lowest BCUT2D eigenvalue weighted by atomic mass is 9.70. The minimum absolute atomic E-state index is 0.00261. The lowest BCUT2D eigenvalue weighted by Crippen LogP contribution is -2.54. The smallest absolute Gasteiger partial charge is 0.243 e. The number of aromatic nitrogens is 2. The van der Waals surface area contributed by atoms with Gasteiger partial charge in [-0.05, 0) is 78.5 Å². The molecular formula is C58H70N8O6S. The number of Topliss-reactive ketones (excluding diaryl/α,β-unsaturated/α-hetero) is 1. The van der Waals surface area contributed by atoms with Crippen molar-refractivity contribution < 1.29 is 29.1 Å². The summed E-state index contributed by atoms with van der Waals surface area (Å²) < 4.78 is 0. The molecular weight excluding hydrogens is 937 g/mol. The highest BCUT2D eigenvalue weighted by atomic mass is 32.1. The Morgan fingerprint density at radius 3 is 2.37 bits per heavy atom. The standard InChI is InChI=1S/C58H70N8O6S/c1-9-37-27-44-45(58(6,7)54-51(52(44)70)43-18-17-39(59-8)28-47(43)62-54)31-48(37)64-21-19-40(20-22-64)63-23-25-65(26-24-63)50(69)12-10-11-41(67)29-46(57(3,4)5)56(72)66-33-42(68)30-49(66)55(71)60-32-36-13-15-38(16-14-36)53-35(2)61-34-73-53/h13-18,27-28,31,34,40,42,46,49,62,68H,9-12,19-26,29-30,32-33H2,1-7H3,(H,60,71)/t42-,46-,49+/m1/s1. The third kappa shape index (κ3) is 10.5. The number of aliphatic hydroxyl groups excluding tert-OH is 1. The van der Waals surface area contributed by atoms with Gasteiger partial charge in [0.25, 0.3) is 0 Å². The average molecular weight is 1010 g/mol. The Labute approximate surface area is 433 Å². The molecule has 3 fully saturated rings. The maximum Gasteiger partial charge on any atom is 0.243 e. The molecule has 3 aromatic carbocycles. The number of rotatable bonds is 14. The van der Waals surface area contributed by atoms with E-state index in [-0.39, 0.29) is 68.1 Å². The number of carbonyl (C=O) groups is 5. The van der Waals surface area contributed by atoms with Crippen LogP contribution in [0, 0.1) is 24.8 Å². The molecule has 15 heteroatoms. The Kier molecular flexibility index (Phi) is 14.8. The zero-order chi connectivity index (χ0) is 51.9. The van der Waals surface area contributed by atoms with Crippen LogP contribution in [0.15, 0.2) is 60.1 Å². The molecule has 3 atom stereocenters. The Morgan fingerprint density at radius 1 is 0.986 bits per heavy atom. The first-order valence-corrected chi connectivity index (χ1v) is 27.0. The quantitative estimate of drug-likeness (QED) is 0.0924. The summed E-state index contributed by atoms with van der Waals surface area (Å²) in [7, 11) is 0. The molecule has 14 nitrogen and oxygen atoms in total. The third-order valence-electron chi connectivity index (χ3n) is 16.2. The first-order valence-electron chi connectivity index (χ1n) is 26.2. The topological polar surface area (TPSA) is 164 Å². The van der Waals surface area contributed by atoms with Crippen LogP contribution >= 0.6 is 11.3 Å². The van der Waals surface area contributed by atoms with Crippen LogP contribution in [0.4, 0.5) is 11.4 Å². The molecule has 3 amide bonds. The molecule has 3 saturated heterocycles. The monoisotopic (exact) mass is 1010 g/mol. The number of amides is 3. The molecule has 0 spiro atoms. The number of aliphatic hydroxyl groups is 1. The first-order chi connectivity index (χ1) is 34.9. The van der Waals surface area contributed by atoms with Gasteiger partial charge in [0.15, 0.2) is 11.5 Å². The second-order valence-electron chi connectivity index (χ2n) is 22.3. The number of β-amino-alcohol motifs (C(OH)–C–C–N with tert-alkyl or cyclic N) is 1. The van der Waals surface area contributed by atoms with Gasteiger partial charge in [0.1, 0.15) is 11.8 Å². The van der Waals surface area contributed by atoms with E-state index in [4.69, 9.17) is 6.57 Å². The number of aromatic amines is 1. The van der Waals surface area contributed by atoms with Gasteiger partial charge in [0.05, 0.1) is 34.3 Å². The van der Waals surface area contributed by atoms with Crippen molar-refractivity contribution in [3.63, 3.8) is 0 Å².